The van der Waals surface area contributed by atoms with Crippen LogP contribution in [0.1, 0.15) is 212 Å². The van der Waals surface area contributed by atoms with E-state index in [1.165, 1.54) is 135 Å². The molecule has 11 heteroatoms. The van der Waals surface area contributed by atoms with Gasteiger partial charge in [0.25, 0.3) is 0 Å². The summed E-state index contributed by atoms with van der Waals surface area (Å²) in [5.41, 5.74) is 0. The summed E-state index contributed by atoms with van der Waals surface area (Å²) in [7, 11) is -4.61. The lowest BCUT2D eigenvalue weighted by Crippen LogP contribution is -2.29. The molecule has 3 N–H and O–H groups in total. The van der Waals surface area contributed by atoms with E-state index in [4.69, 9.17) is 23.6 Å². The molecule has 10 nitrogen and oxygen atoms in total. The standard InChI is InChI=1S/C43H83O10P/c1-3-5-7-9-11-13-15-17-19-21-22-24-26-28-30-32-34-42(46)50-38-41(39-52-54(48,49)51-37-40(45)36-44)53-43(47)35-33-31-29-27-25-23-20-18-16-14-12-10-8-6-4-2/h4,40-41,44-45H,2-3,5-39H2,1H3,(H,48,49)/t40-,41+/m0/s1. The molecular weight excluding hydrogens is 707 g/mol. The number of carbonyl (C=O) groups excluding carboxylic acids is 2. The highest BCUT2D eigenvalue weighted by Crippen LogP contribution is 2.43. The molecule has 0 aliphatic carbocycles. The summed E-state index contributed by atoms with van der Waals surface area (Å²) in [4.78, 5) is 35.0. The summed E-state index contributed by atoms with van der Waals surface area (Å²) in [5, 5.41) is 18.3. The van der Waals surface area contributed by atoms with E-state index < -0.39 is 51.8 Å². The highest BCUT2D eigenvalue weighted by atomic mass is 31.2. The van der Waals surface area contributed by atoms with Crippen LogP contribution in [0.15, 0.2) is 12.7 Å². The van der Waals surface area contributed by atoms with Crippen molar-refractivity contribution in [1.82, 2.24) is 0 Å². The second-order valence-electron chi connectivity index (χ2n) is 15.2. The van der Waals surface area contributed by atoms with Crippen molar-refractivity contribution >= 4 is 19.8 Å². The smallest absolute Gasteiger partial charge is 0.462 e. The number of aliphatic hydroxyl groups excluding tert-OH is 2. The molecule has 3 atom stereocenters. The Morgan fingerprint density at radius 2 is 0.944 bits per heavy atom. The quantitative estimate of drug-likeness (QED) is 0.0236. The first-order valence-electron chi connectivity index (χ1n) is 22.1. The van der Waals surface area contributed by atoms with Crippen LogP contribution in [-0.4, -0.2) is 65.7 Å². The van der Waals surface area contributed by atoms with Crippen molar-refractivity contribution in [3.8, 4) is 0 Å². The van der Waals surface area contributed by atoms with E-state index in [9.17, 15) is 24.2 Å². The van der Waals surface area contributed by atoms with Crippen molar-refractivity contribution in [2.45, 2.75) is 225 Å². The maximum atomic E-state index is 12.6. The van der Waals surface area contributed by atoms with Gasteiger partial charge in [-0.1, -0.05) is 180 Å². The number of unbranched alkanes of at least 4 members (excludes halogenated alkanes) is 28. The van der Waals surface area contributed by atoms with Gasteiger partial charge in [0.1, 0.15) is 12.7 Å². The molecule has 0 aromatic rings. The van der Waals surface area contributed by atoms with Crippen LogP contribution in [0.25, 0.3) is 0 Å². The number of hydrogen-bond donors (Lipinski definition) is 3. The first-order chi connectivity index (χ1) is 26.2. The zero-order chi connectivity index (χ0) is 39.8. The molecule has 0 amide bonds. The van der Waals surface area contributed by atoms with E-state index >= 15 is 0 Å². The van der Waals surface area contributed by atoms with Crippen LogP contribution in [0, 0.1) is 0 Å². The van der Waals surface area contributed by atoms with Crippen molar-refractivity contribution in [3.63, 3.8) is 0 Å². The van der Waals surface area contributed by atoms with E-state index in [-0.39, 0.29) is 19.4 Å². The van der Waals surface area contributed by atoms with Gasteiger partial charge < -0.3 is 24.6 Å². The second-order valence-corrected chi connectivity index (χ2v) is 16.6. The van der Waals surface area contributed by atoms with Crippen molar-refractivity contribution in [2.75, 3.05) is 26.4 Å². The predicted octanol–water partition coefficient (Wildman–Crippen LogP) is 11.6. The molecule has 0 saturated carbocycles. The highest BCUT2D eigenvalue weighted by molar-refractivity contribution is 7.47. The molecular formula is C43H83O10P. The van der Waals surface area contributed by atoms with Crippen molar-refractivity contribution in [1.29, 1.82) is 0 Å². The van der Waals surface area contributed by atoms with E-state index in [0.29, 0.717) is 12.8 Å². The lowest BCUT2D eigenvalue weighted by atomic mass is 10.0. The van der Waals surface area contributed by atoms with Gasteiger partial charge in [0.15, 0.2) is 6.10 Å². The molecule has 0 aliphatic rings. The Balaban J connectivity index is 4.23. The topological polar surface area (TPSA) is 149 Å². The number of phosphoric acid groups is 1. The maximum Gasteiger partial charge on any atom is 0.472 e. The van der Waals surface area contributed by atoms with Crippen LogP contribution in [0.2, 0.25) is 0 Å². The Morgan fingerprint density at radius 3 is 1.35 bits per heavy atom. The summed E-state index contributed by atoms with van der Waals surface area (Å²) >= 11 is 0. The molecule has 0 rings (SSSR count). The number of rotatable bonds is 43. The van der Waals surface area contributed by atoms with Gasteiger partial charge in [0.2, 0.25) is 0 Å². The SMILES string of the molecule is C=CCCCCCCCCCCCCCCCC(=O)O[C@H](COC(=O)CCCCCCCCCCCCCCCCCC)COP(=O)(O)OC[C@@H](O)CO. The first-order valence-corrected chi connectivity index (χ1v) is 23.6. The van der Waals surface area contributed by atoms with Gasteiger partial charge in [-0.3, -0.25) is 18.6 Å². The Bertz CT molecular complexity index is 901. The minimum atomic E-state index is -4.61. The van der Waals surface area contributed by atoms with E-state index in [1.807, 2.05) is 6.08 Å². The zero-order valence-corrected chi connectivity index (χ0v) is 35.4. The lowest BCUT2D eigenvalue weighted by molar-refractivity contribution is -0.161. The van der Waals surface area contributed by atoms with Crippen LogP contribution in [0.3, 0.4) is 0 Å². The van der Waals surface area contributed by atoms with Crippen LogP contribution in [0.4, 0.5) is 0 Å². The van der Waals surface area contributed by atoms with E-state index in [1.54, 1.807) is 0 Å². The van der Waals surface area contributed by atoms with E-state index in [0.717, 1.165) is 44.9 Å². The Kier molecular flexibility index (Phi) is 39.0. The molecule has 54 heavy (non-hydrogen) atoms. The maximum absolute atomic E-state index is 12.6. The average molecular weight is 791 g/mol. The number of carbonyl (C=O) groups is 2. The highest BCUT2D eigenvalue weighted by Gasteiger charge is 2.27. The molecule has 1 unspecified atom stereocenters. The minimum absolute atomic E-state index is 0.187. The number of allylic oxidation sites excluding steroid dienone is 1. The molecule has 0 aromatic heterocycles. The molecule has 0 heterocycles. The fraction of sp³-hybridized carbons (Fsp3) is 0.907. The number of esters is 2. The number of ether oxygens (including phenoxy) is 2. The summed E-state index contributed by atoms with van der Waals surface area (Å²) < 4.78 is 32.7. The van der Waals surface area contributed by atoms with Crippen LogP contribution in [-0.2, 0) is 32.7 Å². The molecule has 320 valence electrons. The number of aliphatic hydroxyl groups is 2. The molecule has 0 bridgehead atoms. The third kappa shape index (κ3) is 39.0. The van der Waals surface area contributed by atoms with Gasteiger partial charge in [-0.25, -0.2) is 4.57 Å². The molecule has 0 fully saturated rings. The lowest BCUT2D eigenvalue weighted by Gasteiger charge is -2.20. The third-order valence-electron chi connectivity index (χ3n) is 9.82. The van der Waals surface area contributed by atoms with Gasteiger partial charge in [0.05, 0.1) is 19.8 Å². The molecule has 0 saturated heterocycles. The van der Waals surface area contributed by atoms with E-state index in [2.05, 4.69) is 13.5 Å². The molecule has 0 aliphatic heterocycles. The van der Waals surface area contributed by atoms with Crippen molar-refractivity contribution in [3.05, 3.63) is 12.7 Å². The second kappa shape index (κ2) is 39.9. The van der Waals surface area contributed by atoms with Gasteiger partial charge in [-0.15, -0.1) is 6.58 Å². The molecule has 0 aromatic carbocycles. The number of phosphoric ester groups is 1. The van der Waals surface area contributed by atoms with Gasteiger partial charge >= 0.3 is 19.8 Å². The number of hydrogen-bond acceptors (Lipinski definition) is 9. The third-order valence-corrected chi connectivity index (χ3v) is 10.8. The average Bonchev–Trinajstić information content (AvgIpc) is 3.16. The summed E-state index contributed by atoms with van der Waals surface area (Å²) in [6.45, 7) is 3.93. The minimum Gasteiger partial charge on any atom is -0.462 e. The van der Waals surface area contributed by atoms with Gasteiger partial charge in [0, 0.05) is 12.8 Å². The predicted molar refractivity (Wildman–Crippen MR) is 219 cm³/mol. The van der Waals surface area contributed by atoms with Crippen LogP contribution < -0.4 is 0 Å². The molecule has 0 spiro atoms. The van der Waals surface area contributed by atoms with Crippen LogP contribution >= 0.6 is 7.82 Å². The normalized spacial score (nSPS) is 13.7. The van der Waals surface area contributed by atoms with Crippen molar-refractivity contribution < 1.29 is 47.8 Å². The Morgan fingerprint density at radius 1 is 0.574 bits per heavy atom. The molecule has 0 radical (unpaired) electrons. The summed E-state index contributed by atoms with van der Waals surface area (Å²) in [6.07, 6.45) is 36.4. The monoisotopic (exact) mass is 791 g/mol. The van der Waals surface area contributed by atoms with Crippen molar-refractivity contribution in [2.24, 2.45) is 0 Å². The van der Waals surface area contributed by atoms with Gasteiger partial charge in [-0.2, -0.15) is 0 Å². The summed E-state index contributed by atoms with van der Waals surface area (Å²) in [6, 6.07) is 0. The van der Waals surface area contributed by atoms with Crippen LogP contribution in [0.5, 0.6) is 0 Å². The Hall–Kier alpha value is -1.29. The van der Waals surface area contributed by atoms with Gasteiger partial charge in [-0.05, 0) is 25.7 Å². The Labute approximate surface area is 330 Å². The zero-order valence-electron chi connectivity index (χ0n) is 34.5. The largest absolute Gasteiger partial charge is 0.472 e. The fourth-order valence-electron chi connectivity index (χ4n) is 6.39. The fourth-order valence-corrected chi connectivity index (χ4v) is 7.18. The summed E-state index contributed by atoms with van der Waals surface area (Å²) in [5.74, 6) is -0.915. The first kappa shape index (κ1) is 52.7.